The van der Waals surface area contributed by atoms with Crippen LogP contribution < -0.4 is 11.2 Å². The van der Waals surface area contributed by atoms with Gasteiger partial charge in [-0.2, -0.15) is 5.48 Å². The Morgan fingerprint density at radius 3 is 2.44 bits per heavy atom. The average molecular weight is 250 g/mol. The summed E-state index contributed by atoms with van der Waals surface area (Å²) in [7, 11) is 0. The number of carbonyl (C=O) groups excluding carboxylic acids is 1. The number of hydrogen-bond donors (Lipinski definition) is 2. The van der Waals surface area contributed by atoms with Gasteiger partial charge in [0, 0.05) is 6.54 Å². The van der Waals surface area contributed by atoms with E-state index in [1.807, 2.05) is 19.1 Å². The second kappa shape index (κ2) is 7.84. The van der Waals surface area contributed by atoms with Crippen molar-refractivity contribution in [2.24, 2.45) is 5.73 Å². The van der Waals surface area contributed by atoms with Gasteiger partial charge in [-0.25, -0.2) is 4.79 Å². The molecule has 0 heterocycles. The average Bonchev–Trinajstić information content (AvgIpc) is 2.39. The van der Waals surface area contributed by atoms with Crippen LogP contribution in [0.2, 0.25) is 0 Å². The minimum absolute atomic E-state index is 0.414. The number of rotatable bonds is 7. The summed E-state index contributed by atoms with van der Waals surface area (Å²) in [6, 6.07) is 7.50. The molecule has 0 saturated carbocycles. The Balaban J connectivity index is 2.42. The summed E-state index contributed by atoms with van der Waals surface area (Å²) >= 11 is 0. The molecule has 0 aliphatic heterocycles. The van der Waals surface area contributed by atoms with Crippen molar-refractivity contribution in [1.82, 2.24) is 5.48 Å². The van der Waals surface area contributed by atoms with Crippen LogP contribution in [0, 0.1) is 0 Å². The lowest BCUT2D eigenvalue weighted by Gasteiger charge is -2.11. The Kier molecular flexibility index (Phi) is 6.39. The van der Waals surface area contributed by atoms with Gasteiger partial charge < -0.3 is 10.6 Å². The van der Waals surface area contributed by atoms with Gasteiger partial charge in [-0.3, -0.25) is 0 Å². The second-order valence-electron chi connectivity index (χ2n) is 4.30. The van der Waals surface area contributed by atoms with Crippen LogP contribution in [0.25, 0.3) is 0 Å². The fraction of sp³-hybridized carbons (Fsp3) is 0.500. The highest BCUT2D eigenvalue weighted by Gasteiger charge is 2.15. The maximum atomic E-state index is 11.5. The van der Waals surface area contributed by atoms with Gasteiger partial charge in [-0.15, -0.1) is 0 Å². The van der Waals surface area contributed by atoms with Crippen molar-refractivity contribution in [2.45, 2.75) is 39.2 Å². The van der Waals surface area contributed by atoms with Crippen LogP contribution in [0.1, 0.15) is 31.4 Å². The van der Waals surface area contributed by atoms with E-state index in [1.165, 1.54) is 5.56 Å². The highest BCUT2D eigenvalue weighted by molar-refractivity contribution is 5.75. The summed E-state index contributed by atoms with van der Waals surface area (Å²) in [4.78, 5) is 16.4. The molecule has 0 radical (unpaired) electrons. The van der Waals surface area contributed by atoms with Gasteiger partial charge in [-0.1, -0.05) is 38.1 Å². The van der Waals surface area contributed by atoms with Crippen LogP contribution in [-0.2, 0) is 22.5 Å². The molecular weight excluding hydrogens is 228 g/mol. The van der Waals surface area contributed by atoms with E-state index in [-0.39, 0.29) is 0 Å². The normalized spacial score (nSPS) is 12.2. The van der Waals surface area contributed by atoms with Crippen molar-refractivity contribution in [3.8, 4) is 0 Å². The van der Waals surface area contributed by atoms with Crippen molar-refractivity contribution in [3.05, 3.63) is 35.4 Å². The molecule has 0 aromatic heterocycles. The van der Waals surface area contributed by atoms with E-state index in [2.05, 4.69) is 24.5 Å². The molecule has 0 aliphatic carbocycles. The van der Waals surface area contributed by atoms with Gasteiger partial charge in [0.2, 0.25) is 0 Å². The maximum absolute atomic E-state index is 11.5. The van der Waals surface area contributed by atoms with Gasteiger partial charge in [-0.05, 0) is 30.4 Å². The van der Waals surface area contributed by atoms with Crippen molar-refractivity contribution in [2.75, 3.05) is 6.54 Å². The number of nitrogens with two attached hydrogens (primary N) is 1. The molecule has 0 amide bonds. The first-order valence-electron chi connectivity index (χ1n) is 6.44. The molecule has 3 N–H and O–H groups in total. The van der Waals surface area contributed by atoms with Gasteiger partial charge in [0.25, 0.3) is 0 Å². The van der Waals surface area contributed by atoms with Crippen LogP contribution in [0.5, 0.6) is 0 Å². The summed E-state index contributed by atoms with van der Waals surface area (Å²) < 4.78 is 0. The van der Waals surface area contributed by atoms with Gasteiger partial charge in [0.15, 0.2) is 0 Å². The lowest BCUT2D eigenvalue weighted by atomic mass is 10.0. The Labute approximate surface area is 108 Å². The van der Waals surface area contributed by atoms with E-state index in [0.717, 1.165) is 18.4 Å². The summed E-state index contributed by atoms with van der Waals surface area (Å²) in [5, 5.41) is 0. The topological polar surface area (TPSA) is 64.3 Å². The number of hydrogen-bond acceptors (Lipinski definition) is 4. The first-order chi connectivity index (χ1) is 8.67. The van der Waals surface area contributed by atoms with Gasteiger partial charge >= 0.3 is 5.97 Å². The predicted molar refractivity (Wildman–Crippen MR) is 71.9 cm³/mol. The molecule has 0 aliphatic rings. The van der Waals surface area contributed by atoms with Crippen molar-refractivity contribution in [1.29, 1.82) is 0 Å². The maximum Gasteiger partial charge on any atom is 0.341 e. The van der Waals surface area contributed by atoms with E-state index in [9.17, 15) is 4.79 Å². The number of hydroxylamine groups is 1. The Morgan fingerprint density at radius 2 is 1.89 bits per heavy atom. The molecule has 1 atom stereocenters. The van der Waals surface area contributed by atoms with Gasteiger partial charge in [0.05, 0.1) is 0 Å². The lowest BCUT2D eigenvalue weighted by molar-refractivity contribution is -0.152. The molecule has 1 rings (SSSR count). The minimum atomic E-state index is -0.623. The lowest BCUT2D eigenvalue weighted by Crippen LogP contribution is -2.37. The molecular formula is C14H22N2O2. The molecule has 4 nitrogen and oxygen atoms in total. The minimum Gasteiger partial charge on any atom is -0.369 e. The van der Waals surface area contributed by atoms with Gasteiger partial charge in [0.1, 0.15) is 6.04 Å². The van der Waals surface area contributed by atoms with E-state index >= 15 is 0 Å². The first kappa shape index (κ1) is 14.7. The number of nitrogens with one attached hydrogen (secondary N) is 1. The molecule has 1 aromatic rings. The molecule has 0 fully saturated rings. The SMILES string of the molecule is CCCNOC(=O)[C@@H](N)Cc1ccc(CC)cc1. The Bertz CT molecular complexity index is 363. The second-order valence-corrected chi connectivity index (χ2v) is 4.30. The summed E-state index contributed by atoms with van der Waals surface area (Å²) in [5.41, 5.74) is 10.7. The van der Waals surface area contributed by atoms with Crippen LogP contribution in [0.15, 0.2) is 24.3 Å². The van der Waals surface area contributed by atoms with E-state index in [1.54, 1.807) is 0 Å². The van der Waals surface area contributed by atoms with Crippen LogP contribution >= 0.6 is 0 Å². The molecule has 0 unspecified atom stereocenters. The fourth-order valence-corrected chi connectivity index (χ4v) is 1.55. The summed E-state index contributed by atoms with van der Waals surface area (Å²) in [6.07, 6.45) is 2.41. The van der Waals surface area contributed by atoms with E-state index in [0.29, 0.717) is 13.0 Å². The third-order valence-corrected chi connectivity index (χ3v) is 2.71. The highest BCUT2D eigenvalue weighted by Crippen LogP contribution is 2.07. The fourth-order valence-electron chi connectivity index (χ4n) is 1.55. The van der Waals surface area contributed by atoms with E-state index < -0.39 is 12.0 Å². The molecule has 0 bridgehead atoms. The van der Waals surface area contributed by atoms with E-state index in [4.69, 9.17) is 10.6 Å². The zero-order chi connectivity index (χ0) is 13.4. The molecule has 0 spiro atoms. The Morgan fingerprint density at radius 1 is 1.28 bits per heavy atom. The summed E-state index contributed by atoms with van der Waals surface area (Å²) in [6.45, 7) is 4.75. The molecule has 100 valence electrons. The standard InChI is InChI=1S/C14H22N2O2/c1-3-9-16-18-14(17)13(15)10-12-7-5-11(4-2)6-8-12/h5-8,13,16H,3-4,9-10,15H2,1-2H3/t13-/m0/s1. The van der Waals surface area contributed by atoms with Crippen molar-refractivity contribution in [3.63, 3.8) is 0 Å². The van der Waals surface area contributed by atoms with Crippen LogP contribution in [0.4, 0.5) is 0 Å². The van der Waals surface area contributed by atoms with Crippen LogP contribution in [-0.4, -0.2) is 18.6 Å². The largest absolute Gasteiger partial charge is 0.369 e. The van der Waals surface area contributed by atoms with Crippen molar-refractivity contribution >= 4 is 5.97 Å². The molecule has 4 heteroatoms. The quantitative estimate of drug-likeness (QED) is 0.569. The number of aryl methyl sites for hydroxylation is 1. The number of carbonyl (C=O) groups is 1. The third-order valence-electron chi connectivity index (χ3n) is 2.71. The monoisotopic (exact) mass is 250 g/mol. The zero-order valence-electron chi connectivity index (χ0n) is 11.1. The first-order valence-corrected chi connectivity index (χ1v) is 6.44. The van der Waals surface area contributed by atoms with Crippen molar-refractivity contribution < 1.29 is 9.63 Å². The Hall–Kier alpha value is -1.39. The number of benzene rings is 1. The summed E-state index contributed by atoms with van der Waals surface area (Å²) in [5.74, 6) is -0.414. The molecule has 1 aromatic carbocycles. The predicted octanol–water partition coefficient (Wildman–Crippen LogP) is 1.58. The zero-order valence-corrected chi connectivity index (χ0v) is 11.1. The van der Waals surface area contributed by atoms with Crippen LogP contribution in [0.3, 0.4) is 0 Å². The third kappa shape index (κ3) is 4.85. The molecule has 18 heavy (non-hydrogen) atoms. The highest BCUT2D eigenvalue weighted by atomic mass is 16.7. The molecule has 0 saturated heterocycles. The smallest absolute Gasteiger partial charge is 0.341 e.